The van der Waals surface area contributed by atoms with Gasteiger partial charge >= 0.3 is 0 Å². The minimum absolute atomic E-state index is 0.0873. The largest absolute Gasteiger partial charge is 0.507 e. The first-order valence-electron chi connectivity index (χ1n) is 9.56. The summed E-state index contributed by atoms with van der Waals surface area (Å²) in [6, 6.07) is 11.8. The lowest BCUT2D eigenvalue weighted by Crippen LogP contribution is -2.31. The van der Waals surface area contributed by atoms with E-state index in [1.165, 1.54) is 4.90 Å². The van der Waals surface area contributed by atoms with E-state index in [1.807, 2.05) is 6.92 Å². The first kappa shape index (κ1) is 22.1. The van der Waals surface area contributed by atoms with Crippen molar-refractivity contribution in [2.45, 2.75) is 19.4 Å². The van der Waals surface area contributed by atoms with Gasteiger partial charge in [-0.15, -0.1) is 0 Å². The second-order valence-electron chi connectivity index (χ2n) is 7.08. The lowest BCUT2D eigenvalue weighted by atomic mass is 9.95. The van der Waals surface area contributed by atoms with Crippen LogP contribution >= 0.6 is 15.9 Å². The smallest absolute Gasteiger partial charge is 0.295 e. The molecule has 1 fully saturated rings. The van der Waals surface area contributed by atoms with Crippen molar-refractivity contribution in [3.63, 3.8) is 0 Å². The molecule has 0 saturated carbocycles. The third kappa shape index (κ3) is 4.27. The summed E-state index contributed by atoms with van der Waals surface area (Å²) < 4.78 is 11.2. The third-order valence-corrected chi connectivity index (χ3v) is 6.04. The average molecular weight is 474 g/mol. The highest BCUT2D eigenvalue weighted by atomic mass is 79.9. The zero-order valence-electron chi connectivity index (χ0n) is 17.1. The maximum Gasteiger partial charge on any atom is 0.295 e. The molecule has 2 aromatic rings. The molecule has 30 heavy (non-hydrogen) atoms. The number of carbonyl (C=O) groups is 2. The number of ketones is 1. The highest BCUT2D eigenvalue weighted by Crippen LogP contribution is 2.40. The number of halogens is 1. The van der Waals surface area contributed by atoms with E-state index in [1.54, 1.807) is 56.7 Å². The molecule has 6 nitrogen and oxygen atoms in total. The molecule has 7 heteroatoms. The second kappa shape index (κ2) is 9.45. The molecule has 158 valence electrons. The number of hydrogen-bond donors (Lipinski definition) is 1. The topological polar surface area (TPSA) is 76.1 Å². The van der Waals surface area contributed by atoms with Gasteiger partial charge in [0, 0.05) is 30.3 Å². The van der Waals surface area contributed by atoms with Crippen LogP contribution < -0.4 is 4.74 Å². The van der Waals surface area contributed by atoms with Crippen molar-refractivity contribution in [1.82, 2.24) is 4.90 Å². The van der Waals surface area contributed by atoms with Crippen LogP contribution in [0.25, 0.3) is 5.76 Å². The number of nitrogens with zero attached hydrogens (tertiary/aromatic N) is 1. The first-order valence-corrected chi connectivity index (χ1v) is 10.4. The van der Waals surface area contributed by atoms with Crippen LogP contribution in [0, 0.1) is 6.92 Å². The van der Waals surface area contributed by atoms with Gasteiger partial charge in [0.2, 0.25) is 0 Å². The number of benzene rings is 2. The minimum atomic E-state index is -0.689. The molecule has 1 unspecified atom stereocenters. The Kier molecular flexibility index (Phi) is 6.95. The number of aliphatic hydroxyl groups is 1. The quantitative estimate of drug-likeness (QED) is 0.282. The van der Waals surface area contributed by atoms with Gasteiger partial charge in [-0.25, -0.2) is 0 Å². The zero-order chi connectivity index (χ0) is 21.8. The Morgan fingerprint density at radius 3 is 2.43 bits per heavy atom. The van der Waals surface area contributed by atoms with Crippen molar-refractivity contribution in [1.29, 1.82) is 0 Å². The van der Waals surface area contributed by atoms with Gasteiger partial charge in [-0.2, -0.15) is 0 Å². The first-order chi connectivity index (χ1) is 14.4. The molecule has 1 heterocycles. The molecule has 0 radical (unpaired) electrons. The summed E-state index contributed by atoms with van der Waals surface area (Å²) in [6.45, 7) is 2.70. The summed E-state index contributed by atoms with van der Waals surface area (Å²) in [5.41, 5.74) is 2.21. The van der Waals surface area contributed by atoms with E-state index in [-0.39, 0.29) is 11.3 Å². The molecule has 1 aliphatic rings. The molecule has 1 amide bonds. The molecule has 1 aliphatic heterocycles. The molecule has 0 bridgehead atoms. The number of Topliss-reactive ketones (excluding diaryl/α,β-unsaturated/α-hetero) is 1. The number of aliphatic hydroxyl groups excluding tert-OH is 1. The van der Waals surface area contributed by atoms with Gasteiger partial charge in [-0.3, -0.25) is 9.59 Å². The lowest BCUT2D eigenvalue weighted by Gasteiger charge is -2.25. The normalized spacial score (nSPS) is 18.1. The molecule has 1 N–H and O–H groups in total. The summed E-state index contributed by atoms with van der Waals surface area (Å²) in [7, 11) is 3.16. The lowest BCUT2D eigenvalue weighted by molar-refractivity contribution is -0.140. The van der Waals surface area contributed by atoms with E-state index >= 15 is 0 Å². The van der Waals surface area contributed by atoms with Crippen LogP contribution in [-0.2, 0) is 14.3 Å². The van der Waals surface area contributed by atoms with Crippen LogP contribution in [0.4, 0.5) is 0 Å². The predicted molar refractivity (Wildman–Crippen MR) is 117 cm³/mol. The van der Waals surface area contributed by atoms with Gasteiger partial charge in [0.15, 0.2) is 0 Å². The van der Waals surface area contributed by atoms with Crippen molar-refractivity contribution in [2.75, 3.05) is 27.4 Å². The van der Waals surface area contributed by atoms with Crippen LogP contribution in [0.1, 0.15) is 29.2 Å². The summed E-state index contributed by atoms with van der Waals surface area (Å²) in [6.07, 6.45) is 0.577. The number of likely N-dealkylation sites (tertiary alicyclic amines) is 1. The van der Waals surface area contributed by atoms with Crippen LogP contribution in [0.15, 0.2) is 52.5 Å². The number of hydrogen-bond acceptors (Lipinski definition) is 5. The Morgan fingerprint density at radius 2 is 1.83 bits per heavy atom. The number of aryl methyl sites for hydroxylation is 1. The summed E-state index contributed by atoms with van der Waals surface area (Å²) in [5.74, 6) is -0.828. The molecule has 0 aliphatic carbocycles. The SMILES string of the molecule is COCCCN1C(=O)C(=O)/C(=C(\O)c2ccc(Br)c(C)c2)C1c1ccc(OC)cc1. The van der Waals surface area contributed by atoms with Crippen molar-refractivity contribution in [2.24, 2.45) is 0 Å². The fourth-order valence-electron chi connectivity index (χ4n) is 3.57. The Morgan fingerprint density at radius 1 is 1.13 bits per heavy atom. The third-order valence-electron chi connectivity index (χ3n) is 5.15. The van der Waals surface area contributed by atoms with Crippen molar-refractivity contribution in [3.8, 4) is 5.75 Å². The fraction of sp³-hybridized carbons (Fsp3) is 0.304. The molecule has 1 saturated heterocycles. The Hall–Kier alpha value is -2.64. The van der Waals surface area contributed by atoms with E-state index in [2.05, 4.69) is 15.9 Å². The maximum absolute atomic E-state index is 12.9. The van der Waals surface area contributed by atoms with Gasteiger partial charge in [0.05, 0.1) is 18.7 Å². The van der Waals surface area contributed by atoms with E-state index in [0.29, 0.717) is 30.9 Å². The van der Waals surface area contributed by atoms with E-state index in [4.69, 9.17) is 9.47 Å². The van der Waals surface area contributed by atoms with Gasteiger partial charge in [0.1, 0.15) is 11.5 Å². The fourth-order valence-corrected chi connectivity index (χ4v) is 3.82. The number of amides is 1. The van der Waals surface area contributed by atoms with Gasteiger partial charge in [-0.05, 0) is 48.7 Å². The van der Waals surface area contributed by atoms with Crippen molar-refractivity contribution < 1.29 is 24.2 Å². The maximum atomic E-state index is 12.9. The molecule has 0 spiro atoms. The Bertz CT molecular complexity index is 984. The molecular weight excluding hydrogens is 450 g/mol. The Balaban J connectivity index is 2.12. The van der Waals surface area contributed by atoms with Gasteiger partial charge < -0.3 is 19.5 Å². The van der Waals surface area contributed by atoms with Crippen LogP contribution in [0.5, 0.6) is 5.75 Å². The van der Waals surface area contributed by atoms with Crippen molar-refractivity contribution >= 4 is 33.4 Å². The number of methoxy groups -OCH3 is 2. The van der Waals surface area contributed by atoms with Crippen LogP contribution in [0.2, 0.25) is 0 Å². The summed E-state index contributed by atoms with van der Waals surface area (Å²) >= 11 is 3.44. The highest BCUT2D eigenvalue weighted by Gasteiger charge is 2.45. The monoisotopic (exact) mass is 473 g/mol. The minimum Gasteiger partial charge on any atom is -0.507 e. The van der Waals surface area contributed by atoms with E-state index < -0.39 is 17.7 Å². The predicted octanol–water partition coefficient (Wildman–Crippen LogP) is 4.22. The highest BCUT2D eigenvalue weighted by molar-refractivity contribution is 9.10. The van der Waals surface area contributed by atoms with Gasteiger partial charge in [0.25, 0.3) is 11.7 Å². The van der Waals surface area contributed by atoms with Gasteiger partial charge in [-0.1, -0.05) is 34.1 Å². The standard InChI is InChI=1S/C23H24BrNO5/c1-14-13-16(7-10-18(14)24)21(26)19-20(15-5-8-17(30-3)9-6-15)25(11-4-12-29-2)23(28)22(19)27/h5-10,13,20,26H,4,11-12H2,1-3H3/b21-19-. The molecule has 3 rings (SSSR count). The van der Waals surface area contributed by atoms with Crippen molar-refractivity contribution in [3.05, 3.63) is 69.2 Å². The van der Waals surface area contributed by atoms with E-state index in [9.17, 15) is 14.7 Å². The molecule has 2 aromatic carbocycles. The van der Waals surface area contributed by atoms with Crippen LogP contribution in [-0.4, -0.2) is 49.1 Å². The van der Waals surface area contributed by atoms with Crippen LogP contribution in [0.3, 0.4) is 0 Å². The zero-order valence-corrected chi connectivity index (χ0v) is 18.7. The molecular formula is C23H24BrNO5. The summed E-state index contributed by atoms with van der Waals surface area (Å²) in [4.78, 5) is 27.3. The average Bonchev–Trinajstić information content (AvgIpc) is 3.00. The number of rotatable bonds is 7. The number of ether oxygens (including phenoxy) is 2. The van der Waals surface area contributed by atoms with E-state index in [0.717, 1.165) is 15.6 Å². The molecule has 1 atom stereocenters. The Labute approximate surface area is 184 Å². The molecule has 0 aromatic heterocycles. The number of carbonyl (C=O) groups excluding carboxylic acids is 2. The second-order valence-corrected chi connectivity index (χ2v) is 7.93. The summed E-state index contributed by atoms with van der Waals surface area (Å²) in [5, 5.41) is 11.1.